The summed E-state index contributed by atoms with van der Waals surface area (Å²) in [4.78, 5) is 14.8. The van der Waals surface area contributed by atoms with E-state index in [1.165, 1.54) is 0 Å². The van der Waals surface area contributed by atoms with Crippen molar-refractivity contribution < 1.29 is 9.53 Å². The molecule has 0 aliphatic carbocycles. The molecule has 2 aliphatic rings. The molecule has 0 saturated carbocycles. The number of carbonyl (C=O) groups excluding carboxylic acids is 1. The largest absolute Gasteiger partial charge is 0.381 e. The molecule has 6 heteroatoms. The highest BCUT2D eigenvalue weighted by Crippen LogP contribution is 2.27. The number of amides is 1. The first-order valence-corrected chi connectivity index (χ1v) is 8.45. The SMILES string of the molecule is Cl.O=C(CC1CCOCC1)N1CCNCC1c1cccc(Cl)c1. The van der Waals surface area contributed by atoms with Crippen LogP contribution in [0, 0.1) is 5.92 Å². The lowest BCUT2D eigenvalue weighted by atomic mass is 9.94. The van der Waals surface area contributed by atoms with E-state index < -0.39 is 0 Å². The minimum Gasteiger partial charge on any atom is -0.381 e. The van der Waals surface area contributed by atoms with Crippen molar-refractivity contribution in [1.82, 2.24) is 10.2 Å². The molecule has 2 heterocycles. The number of benzene rings is 1. The Hall–Kier alpha value is -0.810. The summed E-state index contributed by atoms with van der Waals surface area (Å²) in [5.41, 5.74) is 1.11. The zero-order chi connectivity index (χ0) is 15.4. The van der Waals surface area contributed by atoms with Gasteiger partial charge in [0.25, 0.3) is 0 Å². The van der Waals surface area contributed by atoms with Crippen LogP contribution in [0.3, 0.4) is 0 Å². The second kappa shape index (κ2) is 8.88. The van der Waals surface area contributed by atoms with E-state index in [0.717, 1.165) is 56.3 Å². The molecule has 0 radical (unpaired) electrons. The van der Waals surface area contributed by atoms with Crippen molar-refractivity contribution in [2.24, 2.45) is 5.92 Å². The zero-order valence-electron chi connectivity index (χ0n) is 13.2. The van der Waals surface area contributed by atoms with Gasteiger partial charge in [0, 0.05) is 44.3 Å². The Morgan fingerprint density at radius 1 is 1.35 bits per heavy atom. The quantitative estimate of drug-likeness (QED) is 0.902. The van der Waals surface area contributed by atoms with Crippen LogP contribution >= 0.6 is 24.0 Å². The molecule has 2 aliphatic heterocycles. The number of ether oxygens (including phenoxy) is 1. The highest BCUT2D eigenvalue weighted by atomic mass is 35.5. The lowest BCUT2D eigenvalue weighted by molar-refractivity contribution is -0.136. The summed E-state index contributed by atoms with van der Waals surface area (Å²) in [5.74, 6) is 0.731. The van der Waals surface area contributed by atoms with Crippen LogP contribution < -0.4 is 5.32 Å². The summed E-state index contributed by atoms with van der Waals surface area (Å²) in [6.45, 7) is 3.99. The van der Waals surface area contributed by atoms with Gasteiger partial charge < -0.3 is 15.0 Å². The van der Waals surface area contributed by atoms with Crippen molar-refractivity contribution >= 4 is 29.9 Å². The third kappa shape index (κ3) is 4.83. The van der Waals surface area contributed by atoms with Gasteiger partial charge in [0.05, 0.1) is 6.04 Å². The van der Waals surface area contributed by atoms with Crippen LogP contribution in [0.2, 0.25) is 5.02 Å². The minimum absolute atomic E-state index is 0. The van der Waals surface area contributed by atoms with Gasteiger partial charge in [0.15, 0.2) is 0 Å². The molecule has 1 atom stereocenters. The number of carbonyl (C=O) groups is 1. The second-order valence-electron chi connectivity index (χ2n) is 6.12. The van der Waals surface area contributed by atoms with Gasteiger partial charge in [-0.05, 0) is 36.5 Å². The Bertz CT molecular complexity index is 521. The van der Waals surface area contributed by atoms with Crippen LogP contribution in [0.15, 0.2) is 24.3 Å². The van der Waals surface area contributed by atoms with Gasteiger partial charge in [0.1, 0.15) is 0 Å². The third-order valence-corrected chi connectivity index (χ3v) is 4.84. The van der Waals surface area contributed by atoms with Crippen LogP contribution in [0.4, 0.5) is 0 Å². The van der Waals surface area contributed by atoms with E-state index in [4.69, 9.17) is 16.3 Å². The highest BCUT2D eigenvalue weighted by molar-refractivity contribution is 6.30. The molecule has 1 aromatic carbocycles. The van der Waals surface area contributed by atoms with Gasteiger partial charge in [-0.25, -0.2) is 0 Å². The predicted molar refractivity (Wildman–Crippen MR) is 94.2 cm³/mol. The topological polar surface area (TPSA) is 41.6 Å². The van der Waals surface area contributed by atoms with Crippen LogP contribution in [0.5, 0.6) is 0 Å². The van der Waals surface area contributed by atoms with Crippen molar-refractivity contribution in [3.8, 4) is 0 Å². The maximum Gasteiger partial charge on any atom is 0.223 e. The lowest BCUT2D eigenvalue weighted by Crippen LogP contribution is -2.49. The minimum atomic E-state index is 0. The number of hydrogen-bond acceptors (Lipinski definition) is 3. The monoisotopic (exact) mass is 358 g/mol. The summed E-state index contributed by atoms with van der Waals surface area (Å²) >= 11 is 6.11. The summed E-state index contributed by atoms with van der Waals surface area (Å²) in [6.07, 6.45) is 2.64. The van der Waals surface area contributed by atoms with E-state index in [9.17, 15) is 4.79 Å². The second-order valence-corrected chi connectivity index (χ2v) is 6.56. The Kier molecular flexibility index (Phi) is 7.15. The van der Waals surface area contributed by atoms with E-state index in [1.807, 2.05) is 23.1 Å². The van der Waals surface area contributed by atoms with Gasteiger partial charge in [-0.3, -0.25) is 4.79 Å². The molecule has 1 N–H and O–H groups in total. The Morgan fingerprint density at radius 2 is 2.13 bits per heavy atom. The standard InChI is InChI=1S/C17H23ClN2O2.ClH/c18-15-3-1-2-14(11-15)16-12-19-6-7-20(16)17(21)10-13-4-8-22-9-5-13;/h1-3,11,13,16,19H,4-10,12H2;1H. The van der Waals surface area contributed by atoms with Crippen molar-refractivity contribution in [1.29, 1.82) is 0 Å². The number of piperazine rings is 1. The van der Waals surface area contributed by atoms with Gasteiger partial charge in [-0.15, -0.1) is 12.4 Å². The molecular formula is C17H24Cl2N2O2. The number of nitrogens with one attached hydrogen (secondary N) is 1. The summed E-state index contributed by atoms with van der Waals surface area (Å²) in [5, 5.41) is 4.11. The first-order chi connectivity index (χ1) is 10.7. The van der Waals surface area contributed by atoms with Crippen molar-refractivity contribution in [3.63, 3.8) is 0 Å². The van der Waals surface area contributed by atoms with Gasteiger partial charge in [-0.2, -0.15) is 0 Å². The van der Waals surface area contributed by atoms with Crippen LogP contribution in [-0.4, -0.2) is 43.7 Å². The Balaban J connectivity index is 0.00000192. The van der Waals surface area contributed by atoms with E-state index in [0.29, 0.717) is 12.3 Å². The molecular weight excluding hydrogens is 335 g/mol. The first-order valence-electron chi connectivity index (χ1n) is 8.07. The molecule has 23 heavy (non-hydrogen) atoms. The fraction of sp³-hybridized carbons (Fsp3) is 0.588. The third-order valence-electron chi connectivity index (χ3n) is 4.60. The molecule has 2 fully saturated rings. The van der Waals surface area contributed by atoms with Crippen molar-refractivity contribution in [2.45, 2.75) is 25.3 Å². The molecule has 128 valence electrons. The summed E-state index contributed by atoms with van der Waals surface area (Å²) in [6, 6.07) is 7.93. The van der Waals surface area contributed by atoms with Crippen molar-refractivity contribution in [2.75, 3.05) is 32.8 Å². The normalized spacial score (nSPS) is 22.5. The van der Waals surface area contributed by atoms with E-state index >= 15 is 0 Å². The maximum absolute atomic E-state index is 12.8. The Labute approximate surface area is 148 Å². The number of halogens is 2. The fourth-order valence-corrected chi connectivity index (χ4v) is 3.53. The zero-order valence-corrected chi connectivity index (χ0v) is 14.7. The van der Waals surface area contributed by atoms with Crippen LogP contribution in [0.1, 0.15) is 30.9 Å². The van der Waals surface area contributed by atoms with Crippen molar-refractivity contribution in [3.05, 3.63) is 34.9 Å². The van der Waals surface area contributed by atoms with Crippen LogP contribution in [-0.2, 0) is 9.53 Å². The average molecular weight is 359 g/mol. The summed E-state index contributed by atoms with van der Waals surface area (Å²) < 4.78 is 5.38. The molecule has 3 rings (SSSR count). The smallest absolute Gasteiger partial charge is 0.223 e. The molecule has 1 aromatic rings. The molecule has 0 bridgehead atoms. The lowest BCUT2D eigenvalue weighted by Gasteiger charge is -2.37. The molecule has 0 aromatic heterocycles. The molecule has 1 unspecified atom stereocenters. The summed E-state index contributed by atoms with van der Waals surface area (Å²) in [7, 11) is 0. The molecule has 2 saturated heterocycles. The van der Waals surface area contributed by atoms with Gasteiger partial charge >= 0.3 is 0 Å². The fourth-order valence-electron chi connectivity index (χ4n) is 3.33. The maximum atomic E-state index is 12.8. The van der Waals surface area contributed by atoms with E-state index in [1.54, 1.807) is 0 Å². The van der Waals surface area contributed by atoms with E-state index in [2.05, 4.69) is 11.4 Å². The highest BCUT2D eigenvalue weighted by Gasteiger charge is 2.29. The molecule has 1 amide bonds. The first kappa shape index (κ1) is 18.5. The number of nitrogens with zero attached hydrogens (tertiary/aromatic N) is 1. The molecule has 4 nitrogen and oxygen atoms in total. The van der Waals surface area contributed by atoms with E-state index in [-0.39, 0.29) is 24.4 Å². The predicted octanol–water partition coefficient (Wildman–Crippen LogP) is 3.05. The van der Waals surface area contributed by atoms with Gasteiger partial charge in [-0.1, -0.05) is 23.7 Å². The average Bonchev–Trinajstić information content (AvgIpc) is 2.56. The number of hydrogen-bond donors (Lipinski definition) is 1. The number of rotatable bonds is 3. The van der Waals surface area contributed by atoms with Gasteiger partial charge in [0.2, 0.25) is 5.91 Å². The van der Waals surface area contributed by atoms with Crippen LogP contribution in [0.25, 0.3) is 0 Å². The molecule has 0 spiro atoms. The Morgan fingerprint density at radius 3 is 2.87 bits per heavy atom.